The minimum Gasteiger partial charge on any atom is -0.381 e. The average Bonchev–Trinajstić information content (AvgIpc) is 2.95. The van der Waals surface area contributed by atoms with Crippen molar-refractivity contribution in [3.63, 3.8) is 0 Å². The van der Waals surface area contributed by atoms with E-state index in [1.54, 1.807) is 11.9 Å². The van der Waals surface area contributed by atoms with E-state index in [0.717, 1.165) is 24.2 Å². The van der Waals surface area contributed by atoms with Gasteiger partial charge in [-0.1, -0.05) is 11.6 Å². The van der Waals surface area contributed by atoms with Crippen LogP contribution in [0.15, 0.2) is 0 Å². The Kier molecular flexibility index (Phi) is 4.52. The molecule has 21 heavy (non-hydrogen) atoms. The number of aromatic amines is 2. The number of aromatic nitrogens is 4. The molecule has 0 aliphatic rings. The van der Waals surface area contributed by atoms with Gasteiger partial charge in [0, 0.05) is 19.3 Å². The van der Waals surface area contributed by atoms with E-state index in [1.807, 2.05) is 13.8 Å². The van der Waals surface area contributed by atoms with Crippen LogP contribution in [-0.4, -0.2) is 44.8 Å². The number of nitrogens with two attached hydrogens (primary N) is 1. The van der Waals surface area contributed by atoms with E-state index in [4.69, 9.17) is 17.3 Å². The highest BCUT2D eigenvalue weighted by atomic mass is 35.5. The van der Waals surface area contributed by atoms with Gasteiger partial charge in [0.15, 0.2) is 5.82 Å². The monoisotopic (exact) mass is 310 g/mol. The van der Waals surface area contributed by atoms with Crippen LogP contribution in [0.1, 0.15) is 33.9 Å². The van der Waals surface area contributed by atoms with Crippen molar-refractivity contribution >= 4 is 23.3 Å². The fourth-order valence-electron chi connectivity index (χ4n) is 2.21. The lowest BCUT2D eigenvalue weighted by Gasteiger charge is -2.16. The molecule has 0 saturated heterocycles. The molecular weight excluding hydrogens is 292 g/mol. The molecule has 2 heterocycles. The highest BCUT2D eigenvalue weighted by Gasteiger charge is 2.19. The van der Waals surface area contributed by atoms with Gasteiger partial charge in [0.2, 0.25) is 0 Å². The molecule has 0 unspecified atom stereocenters. The molecule has 0 radical (unpaired) electrons. The zero-order valence-electron chi connectivity index (χ0n) is 12.3. The molecule has 2 aromatic rings. The van der Waals surface area contributed by atoms with Crippen LogP contribution in [0.25, 0.3) is 0 Å². The number of nitrogens with zero attached hydrogens (tertiary/aromatic N) is 3. The van der Waals surface area contributed by atoms with E-state index in [9.17, 15) is 4.79 Å². The second-order valence-corrected chi connectivity index (χ2v) is 5.42. The number of anilines is 1. The zero-order valence-corrected chi connectivity index (χ0v) is 13.1. The summed E-state index contributed by atoms with van der Waals surface area (Å²) in [5.41, 5.74) is 9.04. The lowest BCUT2D eigenvalue weighted by molar-refractivity contribution is 0.0788. The summed E-state index contributed by atoms with van der Waals surface area (Å²) in [6.07, 6.45) is 1.70. The summed E-state index contributed by atoms with van der Waals surface area (Å²) in [6, 6.07) is 0. The standard InChI is InChI=1S/C13H19ClN6O/c1-7-9(8(2)17-16-7)5-4-6-20(3)13(21)11-10(14)12(15)19-18-11/h4-6H2,1-3H3,(H,16,17)(H3,15,18,19). The summed E-state index contributed by atoms with van der Waals surface area (Å²) in [7, 11) is 1.73. The number of hydrogen-bond acceptors (Lipinski definition) is 4. The number of halogens is 1. The maximum Gasteiger partial charge on any atom is 0.273 e. The first-order valence-corrected chi connectivity index (χ1v) is 7.04. The summed E-state index contributed by atoms with van der Waals surface area (Å²) < 4.78 is 0. The highest BCUT2D eigenvalue weighted by molar-refractivity contribution is 6.35. The molecule has 7 nitrogen and oxygen atoms in total. The molecule has 2 aromatic heterocycles. The zero-order chi connectivity index (χ0) is 15.6. The third kappa shape index (κ3) is 3.18. The maximum absolute atomic E-state index is 12.2. The Bertz CT molecular complexity index is 628. The molecular formula is C13H19ClN6O. The van der Waals surface area contributed by atoms with Gasteiger partial charge in [0.1, 0.15) is 10.7 Å². The van der Waals surface area contributed by atoms with Gasteiger partial charge in [-0.05, 0) is 32.3 Å². The number of carbonyl (C=O) groups is 1. The number of hydrogen-bond donors (Lipinski definition) is 3. The van der Waals surface area contributed by atoms with Crippen LogP contribution in [0.2, 0.25) is 5.02 Å². The molecule has 0 aliphatic carbocycles. The number of aryl methyl sites for hydroxylation is 2. The minimum absolute atomic E-state index is 0.137. The average molecular weight is 311 g/mol. The van der Waals surface area contributed by atoms with E-state index < -0.39 is 0 Å². The molecule has 8 heteroatoms. The topological polar surface area (TPSA) is 104 Å². The third-order valence-corrected chi connectivity index (χ3v) is 3.88. The molecule has 0 aromatic carbocycles. The first-order valence-electron chi connectivity index (χ1n) is 6.67. The number of nitrogens with one attached hydrogen (secondary N) is 2. The van der Waals surface area contributed by atoms with Crippen molar-refractivity contribution in [2.45, 2.75) is 26.7 Å². The van der Waals surface area contributed by atoms with Crippen molar-refractivity contribution in [1.29, 1.82) is 0 Å². The smallest absolute Gasteiger partial charge is 0.273 e. The molecule has 0 spiro atoms. The Hall–Kier alpha value is -2.02. The molecule has 2 rings (SSSR count). The van der Waals surface area contributed by atoms with Gasteiger partial charge in [0.25, 0.3) is 5.91 Å². The van der Waals surface area contributed by atoms with E-state index in [-0.39, 0.29) is 22.4 Å². The van der Waals surface area contributed by atoms with E-state index in [0.29, 0.717) is 6.54 Å². The summed E-state index contributed by atoms with van der Waals surface area (Å²) in [5, 5.41) is 13.6. The lowest BCUT2D eigenvalue weighted by Crippen LogP contribution is -2.28. The van der Waals surface area contributed by atoms with Gasteiger partial charge in [-0.25, -0.2) is 0 Å². The molecule has 0 atom stereocenters. The molecule has 0 bridgehead atoms. The number of amides is 1. The second-order valence-electron chi connectivity index (χ2n) is 5.04. The number of carbonyl (C=O) groups excluding carboxylic acids is 1. The Labute approximate surface area is 127 Å². The predicted octanol–water partition coefficient (Wildman–Crippen LogP) is 1.69. The van der Waals surface area contributed by atoms with Crippen molar-refractivity contribution in [2.75, 3.05) is 19.3 Å². The summed E-state index contributed by atoms with van der Waals surface area (Å²) in [6.45, 7) is 4.58. The van der Waals surface area contributed by atoms with Crippen molar-refractivity contribution in [2.24, 2.45) is 0 Å². The van der Waals surface area contributed by atoms with Crippen molar-refractivity contribution in [1.82, 2.24) is 25.3 Å². The van der Waals surface area contributed by atoms with Gasteiger partial charge in [0.05, 0.1) is 5.69 Å². The first-order chi connectivity index (χ1) is 9.91. The van der Waals surface area contributed by atoms with Gasteiger partial charge >= 0.3 is 0 Å². The van der Waals surface area contributed by atoms with Crippen LogP contribution in [-0.2, 0) is 6.42 Å². The predicted molar refractivity (Wildman–Crippen MR) is 81.4 cm³/mol. The van der Waals surface area contributed by atoms with Gasteiger partial charge in [-0.15, -0.1) is 0 Å². The number of nitrogen functional groups attached to an aromatic ring is 1. The minimum atomic E-state index is -0.218. The maximum atomic E-state index is 12.2. The summed E-state index contributed by atoms with van der Waals surface area (Å²) in [4.78, 5) is 13.8. The van der Waals surface area contributed by atoms with Crippen molar-refractivity contribution in [3.05, 3.63) is 27.7 Å². The quantitative estimate of drug-likeness (QED) is 0.781. The molecule has 0 saturated carbocycles. The van der Waals surface area contributed by atoms with Crippen LogP contribution in [0.5, 0.6) is 0 Å². The van der Waals surface area contributed by atoms with Crippen molar-refractivity contribution in [3.8, 4) is 0 Å². The normalized spacial score (nSPS) is 10.9. The van der Waals surface area contributed by atoms with E-state index >= 15 is 0 Å². The molecule has 0 fully saturated rings. The van der Waals surface area contributed by atoms with E-state index in [1.165, 1.54) is 5.56 Å². The third-order valence-electron chi connectivity index (χ3n) is 3.49. The SMILES string of the molecule is Cc1n[nH]c(C)c1CCCN(C)C(=O)c1[nH]nc(N)c1Cl. The Balaban J connectivity index is 1.92. The van der Waals surface area contributed by atoms with Crippen LogP contribution in [0.4, 0.5) is 5.82 Å². The fourth-order valence-corrected chi connectivity index (χ4v) is 2.38. The van der Waals surface area contributed by atoms with Gasteiger partial charge in [-0.2, -0.15) is 10.2 Å². The molecule has 4 N–H and O–H groups in total. The Morgan fingerprint density at radius 1 is 1.33 bits per heavy atom. The van der Waals surface area contributed by atoms with Crippen LogP contribution >= 0.6 is 11.6 Å². The fraction of sp³-hybridized carbons (Fsp3) is 0.462. The van der Waals surface area contributed by atoms with Crippen LogP contribution in [0, 0.1) is 13.8 Å². The molecule has 0 aliphatic heterocycles. The summed E-state index contributed by atoms with van der Waals surface area (Å²) >= 11 is 5.93. The lowest BCUT2D eigenvalue weighted by atomic mass is 10.1. The first kappa shape index (κ1) is 15.4. The number of rotatable bonds is 5. The van der Waals surface area contributed by atoms with Crippen LogP contribution in [0.3, 0.4) is 0 Å². The van der Waals surface area contributed by atoms with Crippen LogP contribution < -0.4 is 5.73 Å². The number of H-pyrrole nitrogens is 2. The largest absolute Gasteiger partial charge is 0.381 e. The van der Waals surface area contributed by atoms with Crippen molar-refractivity contribution < 1.29 is 4.79 Å². The second kappa shape index (κ2) is 6.17. The van der Waals surface area contributed by atoms with Gasteiger partial charge < -0.3 is 10.6 Å². The highest BCUT2D eigenvalue weighted by Crippen LogP contribution is 2.21. The molecule has 114 valence electrons. The Morgan fingerprint density at radius 3 is 2.57 bits per heavy atom. The summed E-state index contributed by atoms with van der Waals surface area (Å²) in [5.74, 6) is -0.0806. The molecule has 1 amide bonds. The Morgan fingerprint density at radius 2 is 2.05 bits per heavy atom. The van der Waals surface area contributed by atoms with E-state index in [2.05, 4.69) is 20.4 Å². The van der Waals surface area contributed by atoms with Gasteiger partial charge in [-0.3, -0.25) is 15.0 Å².